The van der Waals surface area contributed by atoms with E-state index in [4.69, 9.17) is 0 Å². The molecule has 1 aromatic heterocycles. The van der Waals surface area contributed by atoms with Gasteiger partial charge in [0.2, 0.25) is 6.33 Å². The van der Waals surface area contributed by atoms with Gasteiger partial charge in [-0.05, 0) is 16.2 Å². The first-order valence-corrected chi connectivity index (χ1v) is 6.65. The fourth-order valence-electron chi connectivity index (χ4n) is 2.04. The predicted molar refractivity (Wildman–Crippen MR) is 77.5 cm³/mol. The van der Waals surface area contributed by atoms with Crippen LogP contribution in [0.5, 0.6) is 0 Å². The second-order valence-corrected chi connectivity index (χ2v) is 4.66. The van der Waals surface area contributed by atoms with E-state index in [1.165, 1.54) is 11.1 Å². The third kappa shape index (κ3) is 4.33. The molecule has 0 bridgehead atoms. The molecule has 4 nitrogen and oxygen atoms in total. The minimum Gasteiger partial charge on any atom is -1.00 e. The lowest BCUT2D eigenvalue weighted by molar-refractivity contribution is -0.744. The topological polar surface area (TPSA) is 33.7 Å². The average Bonchev–Trinajstić information content (AvgIpc) is 2.95. The number of rotatable bonds is 5. The highest BCUT2D eigenvalue weighted by atomic mass is 35.5. The molecule has 0 spiro atoms. The number of hydrogen-bond acceptors (Lipinski definition) is 2. The number of hydrogen-bond donors (Lipinski definition) is 1. The average molecular weight is 301 g/mol. The van der Waals surface area contributed by atoms with Gasteiger partial charge in [-0.15, -0.1) is 9.36 Å². The van der Waals surface area contributed by atoms with Crippen LogP contribution < -0.4 is 22.5 Å². The van der Waals surface area contributed by atoms with Crippen molar-refractivity contribution in [1.29, 1.82) is 0 Å². The van der Waals surface area contributed by atoms with Crippen molar-refractivity contribution in [2.75, 3.05) is 5.43 Å². The maximum Gasteiger partial charge on any atom is 0.289 e. The van der Waals surface area contributed by atoms with Gasteiger partial charge in [0.1, 0.15) is 6.54 Å². The largest absolute Gasteiger partial charge is 1.00 e. The number of nitrogens with zero attached hydrogens (tertiary/aromatic N) is 3. The van der Waals surface area contributed by atoms with Crippen LogP contribution in [0.2, 0.25) is 0 Å². The van der Waals surface area contributed by atoms with E-state index in [1.54, 1.807) is 6.33 Å². The first kappa shape index (κ1) is 15.1. The van der Waals surface area contributed by atoms with Gasteiger partial charge in [0.05, 0.1) is 6.54 Å². The van der Waals surface area contributed by atoms with Gasteiger partial charge in [0.15, 0.2) is 0 Å². The molecule has 0 saturated heterocycles. The zero-order chi connectivity index (χ0) is 13.6. The van der Waals surface area contributed by atoms with Crippen LogP contribution in [0.15, 0.2) is 73.3 Å². The highest BCUT2D eigenvalue weighted by Crippen LogP contribution is 1.98. The third-order valence-electron chi connectivity index (χ3n) is 3.08. The van der Waals surface area contributed by atoms with E-state index in [2.05, 4.69) is 34.8 Å². The number of halogens is 1. The summed E-state index contributed by atoms with van der Waals surface area (Å²) in [5.41, 5.74) is 5.79. The highest BCUT2D eigenvalue weighted by molar-refractivity contribution is 5.15. The molecule has 0 atom stereocenters. The van der Waals surface area contributed by atoms with Gasteiger partial charge >= 0.3 is 0 Å². The van der Waals surface area contributed by atoms with Gasteiger partial charge in [-0.2, -0.15) is 0 Å². The molecule has 108 valence electrons. The minimum atomic E-state index is 0. The van der Waals surface area contributed by atoms with Crippen LogP contribution in [0.25, 0.3) is 0 Å². The Balaban J connectivity index is 0.00000161. The monoisotopic (exact) mass is 300 g/mol. The number of aromatic nitrogens is 3. The first-order valence-electron chi connectivity index (χ1n) is 6.65. The zero-order valence-electron chi connectivity index (χ0n) is 11.6. The Morgan fingerprint density at radius 3 is 2.19 bits per heavy atom. The molecule has 1 N–H and O–H groups in total. The molecule has 0 aliphatic heterocycles. The van der Waals surface area contributed by atoms with E-state index in [1.807, 2.05) is 52.1 Å². The van der Waals surface area contributed by atoms with Crippen molar-refractivity contribution in [2.45, 2.75) is 13.1 Å². The summed E-state index contributed by atoms with van der Waals surface area (Å²) in [6, 6.07) is 20.6. The summed E-state index contributed by atoms with van der Waals surface area (Å²) in [7, 11) is 0. The quantitative estimate of drug-likeness (QED) is 0.611. The number of benzene rings is 2. The molecule has 0 aliphatic rings. The molecule has 5 heteroatoms. The van der Waals surface area contributed by atoms with Gasteiger partial charge < -0.3 is 12.4 Å². The molecular formula is C16H17ClN4. The van der Waals surface area contributed by atoms with Crippen LogP contribution in [0.3, 0.4) is 0 Å². The number of nitrogens with one attached hydrogen (secondary N) is 1. The van der Waals surface area contributed by atoms with Crippen LogP contribution in [0.4, 0.5) is 0 Å². The lowest BCUT2D eigenvalue weighted by Crippen LogP contribution is -3.00. The molecule has 0 unspecified atom stereocenters. The van der Waals surface area contributed by atoms with E-state index in [0.29, 0.717) is 0 Å². The fraction of sp³-hybridized carbons (Fsp3) is 0.125. The normalized spacial score (nSPS) is 9.90. The van der Waals surface area contributed by atoms with Crippen molar-refractivity contribution < 1.29 is 17.1 Å². The van der Waals surface area contributed by atoms with Crippen LogP contribution in [0, 0.1) is 0 Å². The Labute approximate surface area is 130 Å². The molecule has 3 aromatic rings. The predicted octanol–water partition coefficient (Wildman–Crippen LogP) is -1.03. The fourth-order valence-corrected chi connectivity index (χ4v) is 2.04. The van der Waals surface area contributed by atoms with Crippen molar-refractivity contribution in [2.24, 2.45) is 0 Å². The molecule has 2 aromatic carbocycles. The summed E-state index contributed by atoms with van der Waals surface area (Å²) in [6.45, 7) is 1.56. The van der Waals surface area contributed by atoms with Crippen LogP contribution in [-0.4, -0.2) is 9.77 Å². The molecule has 0 amide bonds. The summed E-state index contributed by atoms with van der Waals surface area (Å²) < 4.78 is 3.79. The molecule has 0 aliphatic carbocycles. The van der Waals surface area contributed by atoms with E-state index in [-0.39, 0.29) is 12.4 Å². The van der Waals surface area contributed by atoms with E-state index < -0.39 is 0 Å². The third-order valence-corrected chi connectivity index (χ3v) is 3.08. The van der Waals surface area contributed by atoms with Crippen molar-refractivity contribution in [3.05, 3.63) is 84.4 Å². The van der Waals surface area contributed by atoms with Crippen molar-refractivity contribution >= 4 is 0 Å². The lowest BCUT2D eigenvalue weighted by atomic mass is 10.2. The molecule has 3 rings (SSSR count). The Morgan fingerprint density at radius 2 is 1.52 bits per heavy atom. The van der Waals surface area contributed by atoms with Crippen molar-refractivity contribution in [3.63, 3.8) is 0 Å². The lowest BCUT2D eigenvalue weighted by Gasteiger charge is -2.00. The molecule has 0 fully saturated rings. The van der Waals surface area contributed by atoms with Crippen LogP contribution in [0.1, 0.15) is 11.1 Å². The summed E-state index contributed by atoms with van der Waals surface area (Å²) in [4.78, 5) is 0. The Hall–Kier alpha value is -2.33. The SMILES string of the molecule is [Cl-].c1ccc(CNn2cn[n+](Cc3ccccc3)c2)cc1. The second kappa shape index (κ2) is 7.45. The van der Waals surface area contributed by atoms with E-state index in [0.717, 1.165) is 13.1 Å². The molecular weight excluding hydrogens is 284 g/mol. The van der Waals surface area contributed by atoms with Crippen molar-refractivity contribution in [1.82, 2.24) is 9.77 Å². The smallest absolute Gasteiger partial charge is 0.289 e. The van der Waals surface area contributed by atoms with E-state index >= 15 is 0 Å². The van der Waals surface area contributed by atoms with E-state index in [9.17, 15) is 0 Å². The maximum absolute atomic E-state index is 4.34. The van der Waals surface area contributed by atoms with Gasteiger partial charge in [0, 0.05) is 0 Å². The second-order valence-electron chi connectivity index (χ2n) is 4.66. The Kier molecular flexibility index (Phi) is 5.35. The summed E-state index contributed by atoms with van der Waals surface area (Å²) in [5.74, 6) is 0. The highest BCUT2D eigenvalue weighted by Gasteiger charge is 2.05. The van der Waals surface area contributed by atoms with Crippen LogP contribution in [-0.2, 0) is 13.1 Å². The zero-order valence-corrected chi connectivity index (χ0v) is 12.3. The maximum atomic E-state index is 4.34. The minimum absolute atomic E-state index is 0. The molecule has 21 heavy (non-hydrogen) atoms. The summed E-state index contributed by atoms with van der Waals surface area (Å²) >= 11 is 0. The van der Waals surface area contributed by atoms with Gasteiger partial charge in [-0.25, -0.2) is 0 Å². The standard InChI is InChI=1S/C16H17N4.ClH/c1-3-7-15(8-4-1)11-17-20-13-18-19(14-20)12-16-9-5-2-6-10-16;/h1-10,13-14,17H,11-12H2;1H/q+1;/p-1. The molecule has 1 heterocycles. The first-order chi connectivity index (χ1) is 9.90. The Morgan fingerprint density at radius 1 is 0.905 bits per heavy atom. The van der Waals surface area contributed by atoms with Crippen LogP contribution >= 0.6 is 0 Å². The molecule has 0 radical (unpaired) electrons. The Bertz CT molecular complexity index is 652. The summed E-state index contributed by atoms with van der Waals surface area (Å²) in [6.07, 6.45) is 3.74. The van der Waals surface area contributed by atoms with Crippen molar-refractivity contribution in [3.8, 4) is 0 Å². The van der Waals surface area contributed by atoms with Gasteiger partial charge in [-0.3, -0.25) is 5.43 Å². The van der Waals surface area contributed by atoms with Gasteiger partial charge in [0.25, 0.3) is 6.33 Å². The molecule has 0 saturated carbocycles. The summed E-state index contributed by atoms with van der Waals surface area (Å²) in [5, 5.41) is 4.34. The van der Waals surface area contributed by atoms with Gasteiger partial charge in [-0.1, -0.05) is 60.7 Å².